The summed E-state index contributed by atoms with van der Waals surface area (Å²) >= 11 is 6.59. The molecule has 0 saturated heterocycles. The first kappa shape index (κ1) is 24.6. The van der Waals surface area contributed by atoms with Crippen molar-refractivity contribution in [2.45, 2.75) is 74.7 Å². The topological polar surface area (TPSA) is 72.8 Å². The Balaban J connectivity index is 2.14. The van der Waals surface area contributed by atoms with Crippen molar-refractivity contribution >= 4 is 29.8 Å². The second kappa shape index (κ2) is 10.6. The van der Waals surface area contributed by atoms with Crippen LogP contribution in [0, 0.1) is 6.92 Å². The number of alkyl halides is 1. The highest BCUT2D eigenvalue weighted by molar-refractivity contribution is 7.86. The number of aryl methyl sites for hydroxylation is 1. The van der Waals surface area contributed by atoms with Crippen molar-refractivity contribution in [3.05, 3.63) is 41.1 Å². The molecule has 0 amide bonds. The van der Waals surface area contributed by atoms with Gasteiger partial charge in [0.2, 0.25) is 0 Å². The molecule has 29 heavy (non-hydrogen) atoms. The minimum absolute atomic E-state index is 0.0964. The van der Waals surface area contributed by atoms with Crippen molar-refractivity contribution in [3.63, 3.8) is 0 Å². The van der Waals surface area contributed by atoms with Crippen LogP contribution in [0.2, 0.25) is 19.6 Å². The molecule has 2 rings (SSSR count). The summed E-state index contributed by atoms with van der Waals surface area (Å²) < 4.78 is 36.6. The quantitative estimate of drug-likeness (QED) is 0.353. The van der Waals surface area contributed by atoms with Gasteiger partial charge in [0.15, 0.2) is 0 Å². The molecular weight excluding hydrogens is 428 g/mol. The fraction of sp³-hybridized carbons (Fsp3) is 0.619. The molecule has 1 N–H and O–H groups in total. The molecule has 3 unspecified atom stereocenters. The molecule has 5 nitrogen and oxygen atoms in total. The van der Waals surface area contributed by atoms with Gasteiger partial charge >= 0.3 is 0 Å². The maximum Gasteiger partial charge on any atom is 0.297 e. The molecule has 1 aliphatic heterocycles. The Morgan fingerprint density at radius 2 is 1.90 bits per heavy atom. The van der Waals surface area contributed by atoms with E-state index in [2.05, 4.69) is 25.7 Å². The van der Waals surface area contributed by atoms with Gasteiger partial charge in [-0.05, 0) is 44.7 Å². The van der Waals surface area contributed by atoms with E-state index in [-0.39, 0.29) is 29.6 Å². The molecule has 0 aliphatic carbocycles. The normalized spacial score (nSPS) is 23.9. The predicted molar refractivity (Wildman–Crippen MR) is 120 cm³/mol. The highest BCUT2D eigenvalue weighted by Gasteiger charge is 2.31. The Bertz CT molecular complexity index is 786. The first-order chi connectivity index (χ1) is 13.5. The van der Waals surface area contributed by atoms with Crippen molar-refractivity contribution in [3.8, 4) is 0 Å². The van der Waals surface area contributed by atoms with E-state index in [0.29, 0.717) is 19.3 Å². The molecule has 3 atom stereocenters. The van der Waals surface area contributed by atoms with Gasteiger partial charge in [0.25, 0.3) is 10.1 Å². The van der Waals surface area contributed by atoms with Crippen LogP contribution in [0.15, 0.2) is 40.4 Å². The van der Waals surface area contributed by atoms with Crippen LogP contribution >= 0.6 is 11.6 Å². The first-order valence-electron chi connectivity index (χ1n) is 10.1. The SMILES string of the molecule is Cc1ccc(S(=O)(=O)OCC2OC(CCCO)CC([Si](C)(C)C)=CCC2Cl)cc1. The number of allylic oxidation sites excluding steroid dienone is 1. The molecule has 0 fully saturated rings. The molecule has 0 aromatic heterocycles. The summed E-state index contributed by atoms with van der Waals surface area (Å²) in [5.74, 6) is 0. The number of hydrogen-bond donors (Lipinski definition) is 1. The summed E-state index contributed by atoms with van der Waals surface area (Å²) in [7, 11) is -5.38. The standard InChI is InChI=1S/C21H33ClO5SSi/c1-16-7-9-18(10-8-16)28(24,25)26-15-21-20(22)12-11-19(29(2,3)4)14-17(27-21)6-5-13-23/h7-11,17,20-21,23H,5-6,12-15H2,1-4H3. The second-order valence-corrected chi connectivity index (χ2v) is 16.0. The third-order valence-electron chi connectivity index (χ3n) is 5.15. The van der Waals surface area contributed by atoms with Gasteiger partial charge in [-0.2, -0.15) is 8.42 Å². The van der Waals surface area contributed by atoms with Crippen LogP contribution in [0.5, 0.6) is 0 Å². The molecule has 1 heterocycles. The summed E-state index contributed by atoms with van der Waals surface area (Å²) in [5, 5.41) is 10.2. The smallest absolute Gasteiger partial charge is 0.297 e. The third kappa shape index (κ3) is 7.49. The fourth-order valence-electron chi connectivity index (χ4n) is 3.29. The monoisotopic (exact) mass is 460 g/mol. The van der Waals surface area contributed by atoms with Gasteiger partial charge < -0.3 is 9.84 Å². The Kier molecular flexibility index (Phi) is 8.94. The average molecular weight is 461 g/mol. The number of aliphatic hydroxyl groups excluding tert-OH is 1. The summed E-state index contributed by atoms with van der Waals surface area (Å²) in [5.41, 5.74) is 0.977. The minimum atomic E-state index is -3.88. The number of hydrogen-bond acceptors (Lipinski definition) is 5. The summed E-state index contributed by atoms with van der Waals surface area (Å²) in [6.07, 6.45) is 4.29. The van der Waals surface area contributed by atoms with Crippen molar-refractivity contribution in [1.29, 1.82) is 0 Å². The molecule has 1 aromatic rings. The van der Waals surface area contributed by atoms with Crippen LogP contribution < -0.4 is 0 Å². The van der Waals surface area contributed by atoms with Gasteiger partial charge in [0.05, 0.1) is 37.2 Å². The van der Waals surface area contributed by atoms with E-state index in [1.807, 2.05) is 6.92 Å². The number of halogens is 1. The Morgan fingerprint density at radius 1 is 1.24 bits per heavy atom. The Labute approximate surface area is 181 Å². The van der Waals surface area contributed by atoms with E-state index < -0.39 is 24.3 Å². The number of benzene rings is 1. The summed E-state index contributed by atoms with van der Waals surface area (Å²) in [6, 6.07) is 6.55. The van der Waals surface area contributed by atoms with Crippen molar-refractivity contribution in [1.82, 2.24) is 0 Å². The van der Waals surface area contributed by atoms with Gasteiger partial charge in [-0.1, -0.05) is 48.6 Å². The van der Waals surface area contributed by atoms with E-state index in [4.69, 9.17) is 20.5 Å². The molecular formula is C21H33ClO5SSi. The highest BCUT2D eigenvalue weighted by Crippen LogP contribution is 2.30. The zero-order valence-corrected chi connectivity index (χ0v) is 20.3. The molecule has 0 spiro atoms. The number of aliphatic hydroxyl groups is 1. The van der Waals surface area contributed by atoms with Crippen molar-refractivity contribution in [2.75, 3.05) is 13.2 Å². The van der Waals surface area contributed by atoms with Crippen LogP contribution in [0.4, 0.5) is 0 Å². The summed E-state index contributed by atoms with van der Waals surface area (Å²) in [6.45, 7) is 8.74. The molecule has 1 aliphatic rings. The first-order valence-corrected chi connectivity index (χ1v) is 15.4. The van der Waals surface area contributed by atoms with Crippen molar-refractivity contribution in [2.24, 2.45) is 0 Å². The van der Waals surface area contributed by atoms with Crippen LogP contribution in [0.3, 0.4) is 0 Å². The van der Waals surface area contributed by atoms with Crippen LogP contribution in [-0.4, -0.2) is 52.4 Å². The average Bonchev–Trinajstić information content (AvgIpc) is 2.63. The van der Waals surface area contributed by atoms with Gasteiger partial charge in [-0.3, -0.25) is 4.18 Å². The molecule has 164 valence electrons. The highest BCUT2D eigenvalue weighted by atomic mass is 35.5. The van der Waals surface area contributed by atoms with Gasteiger partial charge in [0.1, 0.15) is 0 Å². The lowest BCUT2D eigenvalue weighted by molar-refractivity contribution is -0.0403. The lowest BCUT2D eigenvalue weighted by Gasteiger charge is -2.33. The molecule has 0 saturated carbocycles. The molecule has 0 radical (unpaired) electrons. The van der Waals surface area contributed by atoms with Gasteiger partial charge in [-0.15, -0.1) is 11.6 Å². The van der Waals surface area contributed by atoms with E-state index in [1.165, 1.54) is 17.3 Å². The number of rotatable bonds is 8. The maximum absolute atomic E-state index is 12.5. The lowest BCUT2D eigenvalue weighted by atomic mass is 10.1. The molecule has 8 heteroatoms. The second-order valence-electron chi connectivity index (χ2n) is 8.65. The minimum Gasteiger partial charge on any atom is -0.396 e. The Hall–Kier alpha value is -0.703. The zero-order chi connectivity index (χ0) is 21.7. The summed E-state index contributed by atoms with van der Waals surface area (Å²) in [4.78, 5) is 0.123. The number of ether oxygens (including phenoxy) is 1. The molecule has 1 aromatic carbocycles. The van der Waals surface area contributed by atoms with Crippen LogP contribution in [0.1, 0.15) is 31.2 Å². The lowest BCUT2D eigenvalue weighted by Crippen LogP contribution is -2.38. The third-order valence-corrected chi connectivity index (χ3v) is 9.24. The maximum atomic E-state index is 12.5. The largest absolute Gasteiger partial charge is 0.396 e. The van der Waals surface area contributed by atoms with Crippen LogP contribution in [0.25, 0.3) is 0 Å². The molecule has 0 bridgehead atoms. The van der Waals surface area contributed by atoms with Crippen LogP contribution in [-0.2, 0) is 19.0 Å². The van der Waals surface area contributed by atoms with Gasteiger partial charge in [0, 0.05) is 6.61 Å². The van der Waals surface area contributed by atoms with E-state index in [9.17, 15) is 13.5 Å². The van der Waals surface area contributed by atoms with Crippen molar-refractivity contribution < 1.29 is 22.4 Å². The fourth-order valence-corrected chi connectivity index (χ4v) is 6.00. The van der Waals surface area contributed by atoms with E-state index in [0.717, 1.165) is 12.0 Å². The van der Waals surface area contributed by atoms with Gasteiger partial charge in [-0.25, -0.2) is 0 Å². The zero-order valence-electron chi connectivity index (χ0n) is 17.7. The van der Waals surface area contributed by atoms with E-state index >= 15 is 0 Å². The van der Waals surface area contributed by atoms with E-state index in [1.54, 1.807) is 12.1 Å². The Morgan fingerprint density at radius 3 is 2.48 bits per heavy atom. The predicted octanol–water partition coefficient (Wildman–Crippen LogP) is 4.43.